The molecule has 0 aliphatic rings. The van der Waals surface area contributed by atoms with Gasteiger partial charge in [0.25, 0.3) is 0 Å². The van der Waals surface area contributed by atoms with Crippen LogP contribution in [0.5, 0.6) is 5.75 Å². The molecule has 0 unspecified atom stereocenters. The maximum atomic E-state index is 10.9. The molecule has 118 valence electrons. The monoisotopic (exact) mass is 310 g/mol. The average molecular weight is 310 g/mol. The van der Waals surface area contributed by atoms with Crippen LogP contribution in [0.2, 0.25) is 0 Å². The molecule has 0 aliphatic heterocycles. The normalized spacial score (nSPS) is 9.78. The summed E-state index contributed by atoms with van der Waals surface area (Å²) < 4.78 is 5.14. The first-order valence-electron chi connectivity index (χ1n) is 7.18. The van der Waals surface area contributed by atoms with Gasteiger partial charge >= 0.3 is 0 Å². The van der Waals surface area contributed by atoms with E-state index in [1.807, 2.05) is 24.3 Å². The number of hydrogen-bond acceptors (Lipinski definition) is 5. The zero-order valence-corrected chi connectivity index (χ0v) is 13.1. The number of nitrogens with zero attached hydrogens (tertiary/aromatic N) is 2. The van der Waals surface area contributed by atoms with Gasteiger partial charge in [-0.3, -0.25) is 4.79 Å². The lowest BCUT2D eigenvalue weighted by Crippen LogP contribution is -2.26. The fourth-order valence-electron chi connectivity index (χ4n) is 2.03. The second-order valence-electron chi connectivity index (χ2n) is 4.84. The second kappa shape index (κ2) is 7.80. The van der Waals surface area contributed by atoms with Gasteiger partial charge in [0, 0.05) is 25.6 Å². The highest BCUT2D eigenvalue weighted by Crippen LogP contribution is 2.23. The van der Waals surface area contributed by atoms with E-state index in [2.05, 4.69) is 21.7 Å². The Morgan fingerprint density at radius 2 is 1.96 bits per heavy atom. The minimum absolute atomic E-state index is 0.0905. The third-order valence-electron chi connectivity index (χ3n) is 3.19. The van der Waals surface area contributed by atoms with Gasteiger partial charge in [-0.1, -0.05) is 0 Å². The van der Waals surface area contributed by atoms with Crippen LogP contribution in [0.3, 0.4) is 0 Å². The Labute approximate surface area is 135 Å². The molecule has 6 heteroatoms. The summed E-state index contributed by atoms with van der Waals surface area (Å²) in [4.78, 5) is 15.4. The molecule has 0 spiro atoms. The molecule has 1 aromatic carbocycles. The van der Waals surface area contributed by atoms with Crippen molar-refractivity contribution in [2.45, 2.75) is 6.92 Å². The van der Waals surface area contributed by atoms with Crippen LogP contribution >= 0.6 is 0 Å². The van der Waals surface area contributed by atoms with Crippen molar-refractivity contribution in [3.63, 3.8) is 0 Å². The van der Waals surface area contributed by atoms with E-state index in [1.165, 1.54) is 6.92 Å². The number of amides is 1. The summed E-state index contributed by atoms with van der Waals surface area (Å²) in [6, 6.07) is 13.2. The van der Waals surface area contributed by atoms with Crippen molar-refractivity contribution in [3.8, 4) is 23.1 Å². The lowest BCUT2D eigenvalue weighted by atomic mass is 10.1. The van der Waals surface area contributed by atoms with Crippen LogP contribution in [-0.2, 0) is 4.79 Å². The number of nitrogens with one attached hydrogen (secondary N) is 2. The largest absolute Gasteiger partial charge is 0.497 e. The van der Waals surface area contributed by atoms with Gasteiger partial charge in [0.2, 0.25) is 5.91 Å². The van der Waals surface area contributed by atoms with Gasteiger partial charge in [-0.25, -0.2) is 4.98 Å². The second-order valence-corrected chi connectivity index (χ2v) is 4.84. The molecule has 23 heavy (non-hydrogen) atoms. The first-order chi connectivity index (χ1) is 11.1. The topological polar surface area (TPSA) is 87.0 Å². The van der Waals surface area contributed by atoms with E-state index in [9.17, 15) is 10.1 Å². The van der Waals surface area contributed by atoms with Gasteiger partial charge in [-0.2, -0.15) is 5.26 Å². The summed E-state index contributed by atoms with van der Waals surface area (Å²) in [5.41, 5.74) is 2.15. The first kappa shape index (κ1) is 16.3. The van der Waals surface area contributed by atoms with E-state index in [0.717, 1.165) is 17.0 Å². The highest BCUT2D eigenvalue weighted by Gasteiger charge is 2.07. The molecule has 1 amide bonds. The minimum atomic E-state index is -0.0905. The number of anilines is 1. The van der Waals surface area contributed by atoms with E-state index in [-0.39, 0.29) is 5.91 Å². The molecule has 0 saturated carbocycles. The average Bonchev–Trinajstić information content (AvgIpc) is 2.58. The Bertz CT molecular complexity index is 720. The fraction of sp³-hybridized carbons (Fsp3) is 0.235. The van der Waals surface area contributed by atoms with Crippen LogP contribution in [0.25, 0.3) is 11.3 Å². The van der Waals surface area contributed by atoms with Crippen molar-refractivity contribution >= 4 is 11.7 Å². The molecule has 2 aromatic rings. The maximum absolute atomic E-state index is 10.9. The van der Waals surface area contributed by atoms with Crippen LogP contribution < -0.4 is 15.4 Å². The summed E-state index contributed by atoms with van der Waals surface area (Å²) in [6.07, 6.45) is 0. The Morgan fingerprint density at radius 3 is 2.57 bits per heavy atom. The molecule has 6 nitrogen and oxygen atoms in total. The number of ether oxygens (including phenoxy) is 1. The molecule has 0 saturated heterocycles. The van der Waals surface area contributed by atoms with Crippen molar-refractivity contribution < 1.29 is 9.53 Å². The minimum Gasteiger partial charge on any atom is -0.497 e. The van der Waals surface area contributed by atoms with E-state index in [0.29, 0.717) is 24.5 Å². The number of pyridine rings is 1. The molecule has 1 aromatic heterocycles. The molecule has 2 rings (SSSR count). The number of carbonyl (C=O) groups excluding carboxylic acids is 1. The number of methoxy groups -OCH3 is 1. The number of carbonyl (C=O) groups is 1. The summed E-state index contributed by atoms with van der Waals surface area (Å²) in [5, 5.41) is 14.9. The molecule has 2 N–H and O–H groups in total. The van der Waals surface area contributed by atoms with E-state index >= 15 is 0 Å². The Hall–Kier alpha value is -3.07. The number of rotatable bonds is 6. The van der Waals surface area contributed by atoms with Crippen LogP contribution in [0.15, 0.2) is 36.4 Å². The highest BCUT2D eigenvalue weighted by molar-refractivity contribution is 5.72. The number of hydrogen-bond donors (Lipinski definition) is 2. The molecule has 0 aliphatic carbocycles. The molecule has 0 bridgehead atoms. The molecular weight excluding hydrogens is 292 g/mol. The predicted molar refractivity (Wildman–Crippen MR) is 88.1 cm³/mol. The van der Waals surface area contributed by atoms with Crippen molar-refractivity contribution in [1.82, 2.24) is 10.3 Å². The molecule has 0 radical (unpaired) electrons. The van der Waals surface area contributed by atoms with Crippen molar-refractivity contribution in [3.05, 3.63) is 42.0 Å². The number of benzene rings is 1. The quantitative estimate of drug-likeness (QED) is 0.799. The van der Waals surface area contributed by atoms with Gasteiger partial charge in [0.15, 0.2) is 0 Å². The molecule has 1 heterocycles. The molecule has 0 fully saturated rings. The summed E-state index contributed by atoms with van der Waals surface area (Å²) in [7, 11) is 1.62. The van der Waals surface area contributed by atoms with Gasteiger partial charge in [0.1, 0.15) is 17.6 Å². The third-order valence-corrected chi connectivity index (χ3v) is 3.19. The van der Waals surface area contributed by atoms with Crippen LogP contribution in [0.4, 0.5) is 5.82 Å². The van der Waals surface area contributed by atoms with Gasteiger partial charge in [-0.15, -0.1) is 0 Å². The van der Waals surface area contributed by atoms with Crippen molar-refractivity contribution in [2.75, 3.05) is 25.5 Å². The maximum Gasteiger partial charge on any atom is 0.216 e. The smallest absolute Gasteiger partial charge is 0.216 e. The summed E-state index contributed by atoms with van der Waals surface area (Å²) >= 11 is 0. The van der Waals surface area contributed by atoms with E-state index in [1.54, 1.807) is 19.2 Å². The zero-order valence-electron chi connectivity index (χ0n) is 13.1. The van der Waals surface area contributed by atoms with Gasteiger partial charge in [-0.05, 0) is 36.4 Å². The summed E-state index contributed by atoms with van der Waals surface area (Å²) in [6.45, 7) is 2.42. The Balaban J connectivity index is 2.17. The fourth-order valence-corrected chi connectivity index (χ4v) is 2.03. The highest BCUT2D eigenvalue weighted by atomic mass is 16.5. The lowest BCUT2D eigenvalue weighted by molar-refractivity contribution is -0.118. The third kappa shape index (κ3) is 4.45. The van der Waals surface area contributed by atoms with Gasteiger partial charge in [0.05, 0.1) is 18.4 Å². The van der Waals surface area contributed by atoms with E-state index < -0.39 is 0 Å². The zero-order chi connectivity index (χ0) is 16.7. The number of nitriles is 1. The van der Waals surface area contributed by atoms with Crippen molar-refractivity contribution in [1.29, 1.82) is 5.26 Å². The predicted octanol–water partition coefficient (Wildman–Crippen LogP) is 2.18. The van der Waals surface area contributed by atoms with Crippen LogP contribution in [0.1, 0.15) is 12.5 Å². The number of aromatic nitrogens is 1. The van der Waals surface area contributed by atoms with Crippen molar-refractivity contribution in [2.24, 2.45) is 0 Å². The lowest BCUT2D eigenvalue weighted by Gasteiger charge is -2.10. The Kier molecular flexibility index (Phi) is 5.53. The Morgan fingerprint density at radius 1 is 1.22 bits per heavy atom. The SMILES string of the molecule is COc1ccc(-c2ccc(C#N)c(NCCNC(C)=O)n2)cc1. The van der Waals surface area contributed by atoms with Crippen LogP contribution in [0, 0.1) is 11.3 Å². The standard InChI is InChI=1S/C17H18N4O2/c1-12(22)19-9-10-20-17-14(11-18)5-8-16(21-17)13-3-6-15(23-2)7-4-13/h3-8H,9-10H2,1-2H3,(H,19,22)(H,20,21). The first-order valence-corrected chi connectivity index (χ1v) is 7.18. The van der Waals surface area contributed by atoms with Gasteiger partial charge < -0.3 is 15.4 Å². The molecule has 0 atom stereocenters. The summed E-state index contributed by atoms with van der Waals surface area (Å²) in [5.74, 6) is 1.19. The van der Waals surface area contributed by atoms with Crippen LogP contribution in [-0.4, -0.2) is 31.1 Å². The molecular formula is C17H18N4O2. The van der Waals surface area contributed by atoms with E-state index in [4.69, 9.17) is 4.74 Å².